The van der Waals surface area contributed by atoms with Gasteiger partial charge in [-0.2, -0.15) is 0 Å². The molecule has 174 valence electrons. The third-order valence-corrected chi connectivity index (χ3v) is 5.78. The van der Waals surface area contributed by atoms with Crippen LogP contribution in [0.25, 0.3) is 16.8 Å². The Labute approximate surface area is 200 Å². The summed E-state index contributed by atoms with van der Waals surface area (Å²) in [4.78, 5) is 26.6. The summed E-state index contributed by atoms with van der Waals surface area (Å²) in [5, 5.41) is 4.34. The van der Waals surface area contributed by atoms with Crippen molar-refractivity contribution in [2.45, 2.75) is 13.2 Å². The minimum Gasteiger partial charge on any atom is -0.488 e. The van der Waals surface area contributed by atoms with Crippen molar-refractivity contribution in [1.82, 2.24) is 10.2 Å². The van der Waals surface area contributed by atoms with Crippen molar-refractivity contribution in [2.24, 2.45) is 0 Å². The van der Waals surface area contributed by atoms with Gasteiger partial charge in [-0.15, -0.1) is 0 Å². The molecule has 0 spiro atoms. The van der Waals surface area contributed by atoms with E-state index < -0.39 is 17.8 Å². The number of amides is 3. The minimum atomic E-state index is -0.626. The molecule has 4 aromatic rings. The molecule has 0 unspecified atom stereocenters. The lowest BCUT2D eigenvalue weighted by Gasteiger charge is -2.13. The predicted molar refractivity (Wildman–Crippen MR) is 128 cm³/mol. The minimum absolute atomic E-state index is 0.0642. The third-order valence-electron chi connectivity index (χ3n) is 5.78. The number of halogens is 2. The van der Waals surface area contributed by atoms with Crippen LogP contribution in [0.15, 0.2) is 90.6 Å². The molecular formula is C28H20F2N2O3. The van der Waals surface area contributed by atoms with Crippen LogP contribution in [0, 0.1) is 11.6 Å². The van der Waals surface area contributed by atoms with E-state index in [0.717, 1.165) is 21.2 Å². The second-order valence-electron chi connectivity index (χ2n) is 8.08. The van der Waals surface area contributed by atoms with Gasteiger partial charge in [-0.1, -0.05) is 60.7 Å². The first-order valence-electron chi connectivity index (χ1n) is 11.0. The quantitative estimate of drug-likeness (QED) is 0.287. The molecule has 3 amide bonds. The van der Waals surface area contributed by atoms with Gasteiger partial charge >= 0.3 is 6.03 Å². The maximum Gasteiger partial charge on any atom is 0.329 e. The summed E-state index contributed by atoms with van der Waals surface area (Å²) < 4.78 is 33.4. The van der Waals surface area contributed by atoms with Crippen LogP contribution < -0.4 is 10.1 Å². The Morgan fingerprint density at radius 3 is 2.40 bits per heavy atom. The summed E-state index contributed by atoms with van der Waals surface area (Å²) in [6.07, 6.45) is 1.57. The number of carbonyl (C=O) groups is 2. The first kappa shape index (κ1) is 22.3. The topological polar surface area (TPSA) is 58.6 Å². The van der Waals surface area contributed by atoms with Gasteiger partial charge in [0.25, 0.3) is 5.91 Å². The normalized spacial score (nSPS) is 14.6. The highest BCUT2D eigenvalue weighted by atomic mass is 19.1. The Kier molecular flexibility index (Phi) is 5.97. The maximum absolute atomic E-state index is 14.1. The van der Waals surface area contributed by atoms with E-state index in [-0.39, 0.29) is 30.2 Å². The number of imide groups is 1. The van der Waals surface area contributed by atoms with Gasteiger partial charge in [0.1, 0.15) is 29.7 Å². The van der Waals surface area contributed by atoms with Gasteiger partial charge in [0.05, 0.1) is 6.54 Å². The first-order chi connectivity index (χ1) is 17.0. The SMILES string of the molecule is O=C1N/C(=C/c2c(OCc3ccc(F)cc3)ccc3ccccc23)C(=O)N1Cc1ccccc1F. The standard InChI is InChI=1S/C28H20F2N2O3/c29-21-12-9-18(10-13-21)17-35-26-14-11-19-5-1-3-7-22(19)23(26)15-25-27(33)32(28(34)31-25)16-20-6-2-4-8-24(20)30/h1-15H,16-17H2,(H,31,34)/b25-15+. The van der Waals surface area contributed by atoms with E-state index in [1.165, 1.54) is 24.3 Å². The molecule has 0 saturated carbocycles. The molecule has 0 aliphatic carbocycles. The summed E-state index contributed by atoms with van der Waals surface area (Å²) in [5.74, 6) is -0.887. The summed E-state index contributed by atoms with van der Waals surface area (Å²) >= 11 is 0. The number of carbonyl (C=O) groups excluding carboxylic acids is 2. The van der Waals surface area contributed by atoms with E-state index in [1.54, 1.807) is 36.4 Å². The van der Waals surface area contributed by atoms with E-state index in [1.807, 2.05) is 30.3 Å². The highest BCUT2D eigenvalue weighted by Gasteiger charge is 2.34. The van der Waals surface area contributed by atoms with Gasteiger partial charge < -0.3 is 10.1 Å². The van der Waals surface area contributed by atoms with E-state index in [9.17, 15) is 18.4 Å². The van der Waals surface area contributed by atoms with Crippen molar-refractivity contribution in [3.05, 3.63) is 119 Å². The number of ether oxygens (including phenoxy) is 1. The molecule has 5 rings (SSSR count). The molecular weight excluding hydrogens is 450 g/mol. The molecule has 35 heavy (non-hydrogen) atoms. The van der Waals surface area contributed by atoms with E-state index >= 15 is 0 Å². The van der Waals surface area contributed by atoms with Crippen LogP contribution in [0.4, 0.5) is 13.6 Å². The van der Waals surface area contributed by atoms with Crippen molar-refractivity contribution in [3.63, 3.8) is 0 Å². The molecule has 1 aliphatic heterocycles. The van der Waals surface area contributed by atoms with Gasteiger partial charge in [0, 0.05) is 11.1 Å². The number of fused-ring (bicyclic) bond motifs is 1. The molecule has 1 N–H and O–H groups in total. The Morgan fingerprint density at radius 2 is 1.60 bits per heavy atom. The fraction of sp³-hybridized carbons (Fsp3) is 0.0714. The number of nitrogens with zero attached hydrogens (tertiary/aromatic N) is 1. The monoisotopic (exact) mass is 470 g/mol. The molecule has 0 radical (unpaired) electrons. The molecule has 5 nitrogen and oxygen atoms in total. The molecule has 1 heterocycles. The highest BCUT2D eigenvalue weighted by molar-refractivity contribution is 6.14. The van der Waals surface area contributed by atoms with Crippen LogP contribution in [-0.2, 0) is 17.9 Å². The Hall–Kier alpha value is -4.52. The zero-order valence-corrected chi connectivity index (χ0v) is 18.5. The second kappa shape index (κ2) is 9.38. The van der Waals surface area contributed by atoms with Crippen molar-refractivity contribution in [2.75, 3.05) is 0 Å². The van der Waals surface area contributed by atoms with Crippen LogP contribution in [0.1, 0.15) is 16.7 Å². The van der Waals surface area contributed by atoms with Gasteiger partial charge in [-0.25, -0.2) is 13.6 Å². The van der Waals surface area contributed by atoms with Crippen molar-refractivity contribution < 1.29 is 23.1 Å². The Morgan fingerprint density at radius 1 is 0.857 bits per heavy atom. The average Bonchev–Trinajstić information content (AvgIpc) is 3.13. The van der Waals surface area contributed by atoms with Crippen LogP contribution >= 0.6 is 0 Å². The Bertz CT molecular complexity index is 1470. The molecule has 0 atom stereocenters. The molecule has 1 aliphatic rings. The van der Waals surface area contributed by atoms with Gasteiger partial charge in [-0.3, -0.25) is 9.69 Å². The lowest BCUT2D eigenvalue weighted by molar-refractivity contribution is -0.123. The molecule has 0 bridgehead atoms. The smallest absolute Gasteiger partial charge is 0.329 e. The lowest BCUT2D eigenvalue weighted by atomic mass is 10.0. The molecule has 1 fully saturated rings. The summed E-state index contributed by atoms with van der Waals surface area (Å²) in [7, 11) is 0. The van der Waals surface area contributed by atoms with Crippen LogP contribution in [-0.4, -0.2) is 16.8 Å². The van der Waals surface area contributed by atoms with Crippen LogP contribution in [0.3, 0.4) is 0 Å². The van der Waals surface area contributed by atoms with E-state index in [0.29, 0.717) is 11.3 Å². The largest absolute Gasteiger partial charge is 0.488 e. The predicted octanol–water partition coefficient (Wildman–Crippen LogP) is 5.79. The summed E-state index contributed by atoms with van der Waals surface area (Å²) in [5.41, 5.74) is 1.70. The van der Waals surface area contributed by atoms with E-state index in [2.05, 4.69) is 5.32 Å². The molecule has 0 aromatic heterocycles. The fourth-order valence-corrected chi connectivity index (χ4v) is 3.95. The zero-order chi connectivity index (χ0) is 24.4. The maximum atomic E-state index is 14.1. The second-order valence-corrected chi connectivity index (χ2v) is 8.08. The zero-order valence-electron chi connectivity index (χ0n) is 18.5. The third kappa shape index (κ3) is 4.61. The lowest BCUT2D eigenvalue weighted by Crippen LogP contribution is -2.30. The van der Waals surface area contributed by atoms with Crippen LogP contribution in [0.5, 0.6) is 5.75 Å². The van der Waals surface area contributed by atoms with Gasteiger partial charge in [0.2, 0.25) is 0 Å². The van der Waals surface area contributed by atoms with Gasteiger partial charge in [-0.05, 0) is 46.7 Å². The molecule has 7 heteroatoms. The number of hydrogen-bond acceptors (Lipinski definition) is 3. The summed E-state index contributed by atoms with van der Waals surface area (Å²) in [6, 6.07) is 22.7. The van der Waals surface area contributed by atoms with Crippen molar-refractivity contribution in [3.8, 4) is 5.75 Å². The highest BCUT2D eigenvalue weighted by Crippen LogP contribution is 2.32. The number of benzene rings is 4. The van der Waals surface area contributed by atoms with Crippen molar-refractivity contribution >= 4 is 28.8 Å². The number of nitrogens with one attached hydrogen (secondary N) is 1. The number of hydrogen-bond donors (Lipinski definition) is 1. The fourth-order valence-electron chi connectivity index (χ4n) is 3.95. The average molecular weight is 470 g/mol. The number of rotatable bonds is 6. The van der Waals surface area contributed by atoms with Crippen LogP contribution in [0.2, 0.25) is 0 Å². The Balaban J connectivity index is 1.48. The van der Waals surface area contributed by atoms with Gasteiger partial charge in [0.15, 0.2) is 0 Å². The molecule has 1 saturated heterocycles. The summed E-state index contributed by atoms with van der Waals surface area (Å²) in [6.45, 7) is 0.00660. The van der Waals surface area contributed by atoms with E-state index in [4.69, 9.17) is 4.74 Å². The number of urea groups is 1. The molecule has 4 aromatic carbocycles. The first-order valence-corrected chi connectivity index (χ1v) is 11.0. The van der Waals surface area contributed by atoms with Crippen molar-refractivity contribution in [1.29, 1.82) is 0 Å².